The van der Waals surface area contributed by atoms with E-state index in [4.69, 9.17) is 9.90 Å². The second-order valence-electron chi connectivity index (χ2n) is 5.54. The summed E-state index contributed by atoms with van der Waals surface area (Å²) in [7, 11) is 0. The van der Waals surface area contributed by atoms with Crippen LogP contribution in [-0.4, -0.2) is 18.1 Å². The van der Waals surface area contributed by atoms with Crippen LogP contribution in [0.2, 0.25) is 0 Å². The maximum Gasteiger partial charge on any atom is 0.290 e. The maximum absolute atomic E-state index is 8.36. The van der Waals surface area contributed by atoms with Gasteiger partial charge in [-0.2, -0.15) is 0 Å². The van der Waals surface area contributed by atoms with E-state index >= 15 is 0 Å². The Morgan fingerprint density at radius 3 is 1.78 bits per heavy atom. The monoisotopic (exact) mass is 323 g/mol. The fraction of sp³-hybridized carbons (Fsp3) is 0.650. The van der Waals surface area contributed by atoms with E-state index in [0.29, 0.717) is 0 Å². The summed E-state index contributed by atoms with van der Waals surface area (Å²) in [5.41, 5.74) is 1.37. The summed E-state index contributed by atoms with van der Waals surface area (Å²) in [5, 5.41) is 10.3. The van der Waals surface area contributed by atoms with E-state index in [1.165, 1.54) is 56.9 Å². The van der Waals surface area contributed by atoms with Gasteiger partial charge in [0.2, 0.25) is 0 Å². The standard InChI is InChI=1S/C11H17N.C8H18.CH2O2/c1-2-3-9-12-10-11-7-5-4-6-8-11;1-3-5-7-8-6-4-2;2-1-3/h4-8,12H,2-3,9-10H2,1H3;3-8H2,1-2H3;1H,(H,2,3). The Kier molecular flexibility index (Phi) is 23.8. The van der Waals surface area contributed by atoms with Gasteiger partial charge in [-0.15, -0.1) is 0 Å². The highest BCUT2D eigenvalue weighted by Gasteiger charge is 1.88. The third-order valence-corrected chi connectivity index (χ3v) is 3.34. The first-order chi connectivity index (χ1) is 11.3. The van der Waals surface area contributed by atoms with Gasteiger partial charge >= 0.3 is 0 Å². The smallest absolute Gasteiger partial charge is 0.290 e. The van der Waals surface area contributed by atoms with E-state index in [-0.39, 0.29) is 6.47 Å². The Morgan fingerprint density at radius 2 is 1.35 bits per heavy atom. The molecule has 0 aromatic heterocycles. The number of carboxylic acid groups (broad SMARTS) is 1. The van der Waals surface area contributed by atoms with Crippen molar-refractivity contribution in [2.45, 2.75) is 78.7 Å². The zero-order valence-electron chi connectivity index (χ0n) is 15.4. The third kappa shape index (κ3) is 23.1. The van der Waals surface area contributed by atoms with Crippen molar-refractivity contribution in [3.05, 3.63) is 35.9 Å². The minimum atomic E-state index is -0.250. The Hall–Kier alpha value is -1.35. The van der Waals surface area contributed by atoms with Crippen molar-refractivity contribution in [2.75, 3.05) is 6.54 Å². The largest absolute Gasteiger partial charge is 0.483 e. The van der Waals surface area contributed by atoms with E-state index in [0.717, 1.165) is 13.1 Å². The van der Waals surface area contributed by atoms with Crippen LogP contribution in [0.5, 0.6) is 0 Å². The molecule has 0 spiro atoms. The highest BCUT2D eigenvalue weighted by atomic mass is 16.3. The average Bonchev–Trinajstić information content (AvgIpc) is 2.58. The van der Waals surface area contributed by atoms with Crippen LogP contribution in [0.4, 0.5) is 0 Å². The number of unbranched alkanes of at least 4 members (excludes halogenated alkanes) is 6. The van der Waals surface area contributed by atoms with E-state index < -0.39 is 0 Å². The first-order valence-corrected chi connectivity index (χ1v) is 9.09. The van der Waals surface area contributed by atoms with Gasteiger partial charge in [0.05, 0.1) is 0 Å². The molecule has 0 fully saturated rings. The molecule has 1 aromatic rings. The number of carbonyl (C=O) groups is 1. The molecule has 0 radical (unpaired) electrons. The Morgan fingerprint density at radius 1 is 0.870 bits per heavy atom. The Labute approximate surface area is 143 Å². The first kappa shape index (κ1) is 23.9. The second kappa shape index (κ2) is 22.9. The molecule has 23 heavy (non-hydrogen) atoms. The topological polar surface area (TPSA) is 49.3 Å². The van der Waals surface area contributed by atoms with Crippen molar-refractivity contribution in [3.63, 3.8) is 0 Å². The van der Waals surface area contributed by atoms with Crippen LogP contribution in [0.1, 0.15) is 77.7 Å². The SMILES string of the molecule is CCCCCCCC.CCCCNCc1ccccc1.O=CO. The van der Waals surface area contributed by atoms with Crippen LogP contribution in [0.25, 0.3) is 0 Å². The molecule has 1 aromatic carbocycles. The minimum absolute atomic E-state index is 0.250. The van der Waals surface area contributed by atoms with E-state index in [9.17, 15) is 0 Å². The maximum atomic E-state index is 8.36. The summed E-state index contributed by atoms with van der Waals surface area (Å²) in [6.45, 7) is 8.61. The van der Waals surface area contributed by atoms with Crippen molar-refractivity contribution < 1.29 is 9.90 Å². The van der Waals surface area contributed by atoms with Crippen LogP contribution >= 0.6 is 0 Å². The molecule has 0 bridgehead atoms. The summed E-state index contributed by atoms with van der Waals surface area (Å²) in [4.78, 5) is 8.36. The van der Waals surface area contributed by atoms with Gasteiger partial charge in [-0.25, -0.2) is 0 Å². The summed E-state index contributed by atoms with van der Waals surface area (Å²) >= 11 is 0. The Balaban J connectivity index is 0. The minimum Gasteiger partial charge on any atom is -0.483 e. The van der Waals surface area contributed by atoms with Gasteiger partial charge in [0.25, 0.3) is 6.47 Å². The highest BCUT2D eigenvalue weighted by molar-refractivity contribution is 5.32. The predicted octanol–water partition coefficient (Wildman–Crippen LogP) is 5.64. The van der Waals surface area contributed by atoms with Gasteiger partial charge < -0.3 is 10.4 Å². The molecular weight excluding hydrogens is 286 g/mol. The zero-order valence-corrected chi connectivity index (χ0v) is 15.4. The fourth-order valence-corrected chi connectivity index (χ4v) is 1.98. The average molecular weight is 324 g/mol. The molecule has 0 saturated carbocycles. The summed E-state index contributed by atoms with van der Waals surface area (Å²) in [6.07, 6.45) is 11.0. The zero-order chi connectivity index (χ0) is 17.6. The van der Waals surface area contributed by atoms with Gasteiger partial charge in [-0.1, -0.05) is 96.0 Å². The molecule has 0 saturated heterocycles. The summed E-state index contributed by atoms with van der Waals surface area (Å²) in [6, 6.07) is 10.5. The number of nitrogens with one attached hydrogen (secondary N) is 1. The third-order valence-electron chi connectivity index (χ3n) is 3.34. The lowest BCUT2D eigenvalue weighted by Gasteiger charge is -2.02. The van der Waals surface area contributed by atoms with Crippen molar-refractivity contribution in [1.82, 2.24) is 5.32 Å². The van der Waals surface area contributed by atoms with Crippen LogP contribution in [0.15, 0.2) is 30.3 Å². The number of hydrogen-bond acceptors (Lipinski definition) is 2. The predicted molar refractivity (Wildman–Crippen MR) is 101 cm³/mol. The fourth-order valence-electron chi connectivity index (χ4n) is 1.98. The molecule has 0 aliphatic heterocycles. The van der Waals surface area contributed by atoms with Crippen LogP contribution in [0, 0.1) is 0 Å². The highest BCUT2D eigenvalue weighted by Crippen LogP contribution is 2.03. The number of hydrogen-bond donors (Lipinski definition) is 2. The normalized spacial score (nSPS) is 9.17. The molecule has 3 heteroatoms. The lowest BCUT2D eigenvalue weighted by atomic mass is 10.1. The van der Waals surface area contributed by atoms with Gasteiger partial charge in [0.15, 0.2) is 0 Å². The molecule has 0 heterocycles. The van der Waals surface area contributed by atoms with Gasteiger partial charge in [0.1, 0.15) is 0 Å². The van der Waals surface area contributed by atoms with Crippen LogP contribution < -0.4 is 5.32 Å². The molecule has 1 rings (SSSR count). The molecule has 2 N–H and O–H groups in total. The summed E-state index contributed by atoms with van der Waals surface area (Å²) < 4.78 is 0. The van der Waals surface area contributed by atoms with E-state index in [1.54, 1.807) is 0 Å². The van der Waals surface area contributed by atoms with Crippen molar-refractivity contribution >= 4 is 6.47 Å². The van der Waals surface area contributed by atoms with E-state index in [2.05, 4.69) is 56.4 Å². The molecule has 0 atom stereocenters. The molecule has 0 amide bonds. The van der Waals surface area contributed by atoms with Crippen LogP contribution in [0.3, 0.4) is 0 Å². The van der Waals surface area contributed by atoms with Crippen molar-refractivity contribution in [1.29, 1.82) is 0 Å². The van der Waals surface area contributed by atoms with Gasteiger partial charge in [-0.05, 0) is 18.5 Å². The molecule has 134 valence electrons. The summed E-state index contributed by atoms with van der Waals surface area (Å²) in [5.74, 6) is 0. The second-order valence-corrected chi connectivity index (χ2v) is 5.54. The number of benzene rings is 1. The molecule has 0 aliphatic rings. The van der Waals surface area contributed by atoms with Crippen molar-refractivity contribution in [3.8, 4) is 0 Å². The van der Waals surface area contributed by atoms with E-state index in [1.807, 2.05) is 0 Å². The first-order valence-electron chi connectivity index (χ1n) is 9.09. The molecule has 0 aliphatic carbocycles. The van der Waals surface area contributed by atoms with Gasteiger partial charge in [-0.3, -0.25) is 4.79 Å². The lowest BCUT2D eigenvalue weighted by Crippen LogP contribution is -2.14. The molecular formula is C20H37NO2. The van der Waals surface area contributed by atoms with Crippen molar-refractivity contribution in [2.24, 2.45) is 0 Å². The Bertz CT molecular complexity index is 309. The quantitative estimate of drug-likeness (QED) is 0.432. The molecule has 0 unspecified atom stereocenters. The number of rotatable bonds is 10. The molecule has 3 nitrogen and oxygen atoms in total. The lowest BCUT2D eigenvalue weighted by molar-refractivity contribution is -0.122. The van der Waals surface area contributed by atoms with Gasteiger partial charge in [0, 0.05) is 6.54 Å². The van der Waals surface area contributed by atoms with Crippen LogP contribution in [-0.2, 0) is 11.3 Å².